The quantitative estimate of drug-likeness (QED) is 0.844. The van der Waals surface area contributed by atoms with Gasteiger partial charge in [0.15, 0.2) is 5.15 Å². The molecule has 2 rings (SSSR count). The van der Waals surface area contributed by atoms with Gasteiger partial charge in [0.05, 0.1) is 12.2 Å². The van der Waals surface area contributed by atoms with Gasteiger partial charge >= 0.3 is 5.97 Å². The third-order valence-corrected chi connectivity index (χ3v) is 2.92. The van der Waals surface area contributed by atoms with E-state index in [9.17, 15) is 4.79 Å². The van der Waals surface area contributed by atoms with Crippen LogP contribution in [0.15, 0.2) is 22.6 Å². The monoisotopic (exact) mass is 300 g/mol. The normalized spacial score (nSPS) is 10.5. The first-order valence-corrected chi connectivity index (χ1v) is 6.11. The van der Waals surface area contributed by atoms with Gasteiger partial charge in [0.1, 0.15) is 10.9 Å². The first-order chi connectivity index (χ1) is 8.97. The Bertz CT molecular complexity index is 602. The first-order valence-electron chi connectivity index (χ1n) is 5.36. The van der Waals surface area contributed by atoms with Crippen LogP contribution in [-0.4, -0.2) is 16.1 Å². The molecule has 5 nitrogen and oxygen atoms in total. The second-order valence-electron chi connectivity index (χ2n) is 3.85. The van der Waals surface area contributed by atoms with Crippen molar-refractivity contribution in [1.29, 1.82) is 0 Å². The van der Waals surface area contributed by atoms with Gasteiger partial charge in [-0.3, -0.25) is 0 Å². The maximum Gasteiger partial charge on any atom is 0.371 e. The maximum absolute atomic E-state index is 10.7. The zero-order valence-corrected chi connectivity index (χ0v) is 11.4. The van der Waals surface area contributed by atoms with Crippen LogP contribution < -0.4 is 5.32 Å². The number of hydrogen-bond donors (Lipinski definition) is 2. The minimum atomic E-state index is -1.10. The van der Waals surface area contributed by atoms with Crippen LogP contribution in [0.25, 0.3) is 0 Å². The Morgan fingerprint density at radius 3 is 2.79 bits per heavy atom. The molecule has 0 bridgehead atoms. The molecular formula is C12H10Cl2N2O3. The topological polar surface area (TPSA) is 75.4 Å². The van der Waals surface area contributed by atoms with E-state index in [0.717, 1.165) is 5.56 Å². The molecule has 0 atom stereocenters. The average molecular weight is 301 g/mol. The van der Waals surface area contributed by atoms with Crippen molar-refractivity contribution in [3.05, 3.63) is 45.6 Å². The molecule has 0 amide bonds. The highest BCUT2D eigenvalue weighted by Crippen LogP contribution is 2.27. The summed E-state index contributed by atoms with van der Waals surface area (Å²) in [7, 11) is 0. The molecule has 19 heavy (non-hydrogen) atoms. The van der Waals surface area contributed by atoms with Crippen LogP contribution in [0, 0.1) is 6.92 Å². The third kappa shape index (κ3) is 3.19. The number of aromatic carboxylic acids is 1. The summed E-state index contributed by atoms with van der Waals surface area (Å²) in [6.07, 6.45) is 0. The highest BCUT2D eigenvalue weighted by molar-refractivity contribution is 6.34. The second-order valence-corrected chi connectivity index (χ2v) is 4.60. The van der Waals surface area contributed by atoms with E-state index < -0.39 is 5.97 Å². The molecule has 0 aliphatic heterocycles. The Morgan fingerprint density at radius 2 is 2.21 bits per heavy atom. The number of aryl methyl sites for hydroxylation is 1. The minimum absolute atomic E-state index is 0.103. The second kappa shape index (κ2) is 5.50. The van der Waals surface area contributed by atoms with Crippen LogP contribution >= 0.6 is 23.2 Å². The molecule has 0 spiro atoms. The fourth-order valence-corrected chi connectivity index (χ4v) is 2.17. The molecule has 0 aliphatic rings. The minimum Gasteiger partial charge on any atom is -0.475 e. The molecule has 2 aromatic heterocycles. The van der Waals surface area contributed by atoms with E-state index in [1.807, 2.05) is 6.92 Å². The number of nitrogens with one attached hydrogen (secondary N) is 1. The molecule has 2 aromatic rings. The number of carbonyl (C=O) groups is 1. The van der Waals surface area contributed by atoms with E-state index >= 15 is 0 Å². The van der Waals surface area contributed by atoms with Crippen LogP contribution in [0.5, 0.6) is 0 Å². The Kier molecular flexibility index (Phi) is 3.97. The summed E-state index contributed by atoms with van der Waals surface area (Å²) in [6, 6.07) is 4.66. The Labute approximate surface area is 119 Å². The summed E-state index contributed by atoms with van der Waals surface area (Å²) in [4.78, 5) is 14.6. The van der Waals surface area contributed by atoms with E-state index in [4.69, 9.17) is 32.7 Å². The highest BCUT2D eigenvalue weighted by atomic mass is 35.5. The van der Waals surface area contributed by atoms with Crippen molar-refractivity contribution >= 4 is 34.9 Å². The van der Waals surface area contributed by atoms with E-state index in [-0.39, 0.29) is 10.9 Å². The number of nitrogens with zero attached hydrogens (tertiary/aromatic N) is 1. The van der Waals surface area contributed by atoms with Crippen LogP contribution in [0.3, 0.4) is 0 Å². The van der Waals surface area contributed by atoms with Crippen LogP contribution in [0.4, 0.5) is 5.69 Å². The third-order valence-electron chi connectivity index (χ3n) is 2.45. The number of carboxylic acids is 1. The van der Waals surface area contributed by atoms with E-state index in [0.29, 0.717) is 23.1 Å². The van der Waals surface area contributed by atoms with Gasteiger partial charge in [0.25, 0.3) is 0 Å². The number of halogens is 2. The number of hydrogen-bond acceptors (Lipinski definition) is 4. The molecule has 2 N–H and O–H groups in total. The maximum atomic E-state index is 10.7. The van der Waals surface area contributed by atoms with Crippen molar-refractivity contribution in [1.82, 2.24) is 4.98 Å². The van der Waals surface area contributed by atoms with Gasteiger partial charge in [0.2, 0.25) is 5.76 Å². The molecular weight excluding hydrogens is 291 g/mol. The van der Waals surface area contributed by atoms with E-state index in [1.165, 1.54) is 6.07 Å². The molecule has 2 heterocycles. The summed E-state index contributed by atoms with van der Waals surface area (Å²) in [5.41, 5.74) is 1.48. The Morgan fingerprint density at radius 1 is 1.47 bits per heavy atom. The number of furan rings is 1. The lowest BCUT2D eigenvalue weighted by molar-refractivity contribution is 0.0660. The number of carboxylic acid groups (broad SMARTS) is 1. The van der Waals surface area contributed by atoms with Crippen molar-refractivity contribution in [3.8, 4) is 0 Å². The highest BCUT2D eigenvalue weighted by Gasteiger charge is 2.11. The van der Waals surface area contributed by atoms with Crippen molar-refractivity contribution in [2.24, 2.45) is 0 Å². The molecule has 0 aliphatic carbocycles. The molecule has 0 saturated carbocycles. The average Bonchev–Trinajstić information content (AvgIpc) is 2.76. The van der Waals surface area contributed by atoms with Gasteiger partial charge in [-0.05, 0) is 30.7 Å². The van der Waals surface area contributed by atoms with Crippen LogP contribution in [0.2, 0.25) is 10.3 Å². The fourth-order valence-electron chi connectivity index (χ4n) is 1.57. The summed E-state index contributed by atoms with van der Waals surface area (Å²) in [5.74, 6) is -0.717. The number of aromatic nitrogens is 1. The Balaban J connectivity index is 2.12. The Hall–Kier alpha value is -1.72. The smallest absolute Gasteiger partial charge is 0.371 e. The standard InChI is InChI=1S/C12H10Cl2N2O3/c1-6-4-9(13)16-11(14)10(6)15-5-7-2-3-8(19-7)12(17)18/h2-4,15H,5H2,1H3,(H,17,18). The van der Waals surface area contributed by atoms with Gasteiger partial charge in [-0.2, -0.15) is 0 Å². The van der Waals surface area contributed by atoms with E-state index in [2.05, 4.69) is 10.3 Å². The predicted octanol–water partition coefficient (Wildman–Crippen LogP) is 3.60. The largest absolute Gasteiger partial charge is 0.475 e. The molecule has 0 saturated heterocycles. The molecule has 0 aromatic carbocycles. The van der Waals surface area contributed by atoms with Gasteiger partial charge in [0, 0.05) is 0 Å². The zero-order chi connectivity index (χ0) is 14.0. The lowest BCUT2D eigenvalue weighted by Crippen LogP contribution is -2.02. The number of pyridine rings is 1. The number of anilines is 1. The first kappa shape index (κ1) is 13.7. The lowest BCUT2D eigenvalue weighted by atomic mass is 10.2. The van der Waals surface area contributed by atoms with Gasteiger partial charge < -0.3 is 14.8 Å². The SMILES string of the molecule is Cc1cc(Cl)nc(Cl)c1NCc1ccc(C(=O)O)o1. The number of rotatable bonds is 4. The summed E-state index contributed by atoms with van der Waals surface area (Å²) < 4.78 is 5.12. The van der Waals surface area contributed by atoms with Crippen LogP contribution in [0.1, 0.15) is 21.9 Å². The molecule has 0 radical (unpaired) electrons. The summed E-state index contributed by atoms with van der Waals surface area (Å²) >= 11 is 11.7. The zero-order valence-electron chi connectivity index (χ0n) is 9.91. The van der Waals surface area contributed by atoms with Crippen LogP contribution in [-0.2, 0) is 6.54 Å². The lowest BCUT2D eigenvalue weighted by Gasteiger charge is -2.09. The predicted molar refractivity (Wildman–Crippen MR) is 72.0 cm³/mol. The van der Waals surface area contributed by atoms with Gasteiger partial charge in [-0.15, -0.1) is 0 Å². The summed E-state index contributed by atoms with van der Waals surface area (Å²) in [5, 5.41) is 12.4. The van der Waals surface area contributed by atoms with Crippen molar-refractivity contribution in [2.75, 3.05) is 5.32 Å². The van der Waals surface area contributed by atoms with Crippen molar-refractivity contribution < 1.29 is 14.3 Å². The molecule has 0 fully saturated rings. The molecule has 100 valence electrons. The summed E-state index contributed by atoms with van der Waals surface area (Å²) in [6.45, 7) is 2.14. The van der Waals surface area contributed by atoms with Gasteiger partial charge in [-0.1, -0.05) is 23.2 Å². The van der Waals surface area contributed by atoms with Gasteiger partial charge in [-0.25, -0.2) is 9.78 Å². The fraction of sp³-hybridized carbons (Fsp3) is 0.167. The molecule has 0 unspecified atom stereocenters. The van der Waals surface area contributed by atoms with E-state index in [1.54, 1.807) is 12.1 Å². The van der Waals surface area contributed by atoms with Crippen molar-refractivity contribution in [2.45, 2.75) is 13.5 Å². The molecule has 7 heteroatoms. The van der Waals surface area contributed by atoms with Crippen molar-refractivity contribution in [3.63, 3.8) is 0 Å².